The largest absolute Gasteiger partial charge is 0.394 e. The number of hydrogen-bond donors (Lipinski definition) is 5. The number of carbonyl (C=O) groups is 2. The van der Waals surface area contributed by atoms with Gasteiger partial charge in [0.2, 0.25) is 5.91 Å². The lowest BCUT2D eigenvalue weighted by Crippen LogP contribution is -2.45. The molecule has 0 radical (unpaired) electrons. The average Bonchev–Trinajstić information content (AvgIpc) is 3.26. The summed E-state index contributed by atoms with van der Waals surface area (Å²) >= 11 is 0. The van der Waals surface area contributed by atoms with E-state index in [9.17, 15) is 30.0 Å². The van der Waals surface area contributed by atoms with Crippen LogP contribution in [0.3, 0.4) is 0 Å². The van der Waals surface area contributed by atoms with Crippen LogP contribution in [0.2, 0.25) is 0 Å². The normalized spacial score (nSPS) is 21.2. The lowest BCUT2D eigenvalue weighted by Gasteiger charge is -2.20. The first-order valence-corrected chi connectivity index (χ1v) is 17.7. The summed E-state index contributed by atoms with van der Waals surface area (Å²) in [6.07, 6.45) is 25.8. The molecule has 1 fully saturated rings. The molecule has 1 aliphatic carbocycles. The molecule has 5 N–H and O–H groups in total. The zero-order valence-electron chi connectivity index (χ0n) is 27.4. The molecule has 0 unspecified atom stereocenters. The van der Waals surface area contributed by atoms with Gasteiger partial charge < -0.3 is 25.7 Å². The molecule has 43 heavy (non-hydrogen) atoms. The monoisotopic (exact) mass is 607 g/mol. The molecular formula is C36H65NO6. The molecule has 0 heterocycles. The van der Waals surface area contributed by atoms with Gasteiger partial charge in [-0.1, -0.05) is 128 Å². The molecule has 0 bridgehead atoms. The lowest BCUT2D eigenvalue weighted by atomic mass is 9.88. The molecule has 0 saturated heterocycles. The van der Waals surface area contributed by atoms with Crippen molar-refractivity contribution in [3.05, 3.63) is 24.3 Å². The number of aliphatic hydroxyl groups is 4. The molecule has 0 aromatic carbocycles. The summed E-state index contributed by atoms with van der Waals surface area (Å²) in [4.78, 5) is 24.8. The topological polar surface area (TPSA) is 127 Å². The van der Waals surface area contributed by atoms with E-state index in [1.807, 2.05) is 12.2 Å². The molecule has 0 aromatic rings. The number of allylic oxidation sites excluding steroid dienone is 2. The summed E-state index contributed by atoms with van der Waals surface area (Å²) < 4.78 is 0. The zero-order valence-corrected chi connectivity index (χ0v) is 27.4. The fourth-order valence-electron chi connectivity index (χ4n) is 6.02. The van der Waals surface area contributed by atoms with Gasteiger partial charge in [0.05, 0.1) is 31.0 Å². The van der Waals surface area contributed by atoms with E-state index in [-0.39, 0.29) is 36.6 Å². The molecule has 0 aromatic heterocycles. The average molecular weight is 608 g/mol. The van der Waals surface area contributed by atoms with Gasteiger partial charge in [0.1, 0.15) is 5.78 Å². The van der Waals surface area contributed by atoms with Crippen molar-refractivity contribution in [1.29, 1.82) is 0 Å². The fourth-order valence-corrected chi connectivity index (χ4v) is 6.02. The zero-order chi connectivity index (χ0) is 31.7. The quantitative estimate of drug-likeness (QED) is 0.0522. The molecule has 1 saturated carbocycles. The lowest BCUT2D eigenvalue weighted by molar-refractivity contribution is -0.123. The van der Waals surface area contributed by atoms with E-state index in [2.05, 4.69) is 19.2 Å². The van der Waals surface area contributed by atoms with Crippen LogP contribution in [-0.2, 0) is 9.59 Å². The third kappa shape index (κ3) is 18.8. The standard InChI is InChI=1S/C36H65NO6/c1-3-5-7-8-9-10-11-12-13-14-19-23-33(40)32(28-38)37-36(43)24-20-16-15-18-22-30-31(35(42)27-34(30)41)26-25-29(39)21-17-6-4-2/h19,23,25-26,29-34,38-41H,3-18,20-22,24,27-28H2,1-2H3,(H,37,43)/b23-19+,26-25+/t29-,30+,31+,32-,33+,34-/m0/s1. The summed E-state index contributed by atoms with van der Waals surface area (Å²) in [5.41, 5.74) is 0. The number of Topliss-reactive ketones (excluding diaryl/α,β-unsaturated/α-hetero) is 1. The van der Waals surface area contributed by atoms with Crippen LogP contribution in [0, 0.1) is 11.8 Å². The van der Waals surface area contributed by atoms with E-state index in [0.717, 1.165) is 57.8 Å². The molecule has 250 valence electrons. The van der Waals surface area contributed by atoms with Gasteiger partial charge in [-0.3, -0.25) is 9.59 Å². The van der Waals surface area contributed by atoms with Gasteiger partial charge in [-0.2, -0.15) is 0 Å². The summed E-state index contributed by atoms with van der Waals surface area (Å²) in [5, 5.41) is 43.4. The molecule has 7 nitrogen and oxygen atoms in total. The molecule has 7 heteroatoms. The van der Waals surface area contributed by atoms with E-state index in [1.165, 1.54) is 51.4 Å². The number of amides is 1. The van der Waals surface area contributed by atoms with Crippen molar-refractivity contribution in [3.8, 4) is 0 Å². The van der Waals surface area contributed by atoms with E-state index in [1.54, 1.807) is 12.2 Å². The van der Waals surface area contributed by atoms with Crippen molar-refractivity contribution in [3.63, 3.8) is 0 Å². The number of nitrogens with one attached hydrogen (secondary N) is 1. The smallest absolute Gasteiger partial charge is 0.220 e. The van der Waals surface area contributed by atoms with Gasteiger partial charge in [0.25, 0.3) is 0 Å². The Labute approximate surface area is 262 Å². The second-order valence-corrected chi connectivity index (χ2v) is 12.7. The second kappa shape index (κ2) is 25.8. The minimum Gasteiger partial charge on any atom is -0.394 e. The first kappa shape index (κ1) is 39.5. The van der Waals surface area contributed by atoms with Gasteiger partial charge in [-0.25, -0.2) is 0 Å². The summed E-state index contributed by atoms with van der Waals surface area (Å²) in [7, 11) is 0. The predicted molar refractivity (Wildman–Crippen MR) is 176 cm³/mol. The van der Waals surface area contributed by atoms with Crippen molar-refractivity contribution in [1.82, 2.24) is 5.32 Å². The Bertz CT molecular complexity index is 769. The van der Waals surface area contributed by atoms with Gasteiger partial charge in [0.15, 0.2) is 0 Å². The van der Waals surface area contributed by atoms with Crippen LogP contribution in [-0.4, -0.2) is 63.1 Å². The van der Waals surface area contributed by atoms with Crippen molar-refractivity contribution >= 4 is 11.7 Å². The summed E-state index contributed by atoms with van der Waals surface area (Å²) in [6.45, 7) is 4.04. The SMILES string of the molecule is CCCCCCCCCCC/C=C/[C@@H](O)[C@H](CO)NC(=O)CCCCCC[C@H]1[C@@H](O)CC(=O)[C@@H]1/C=C/[C@@H](O)CCCCC. The highest BCUT2D eigenvalue weighted by molar-refractivity contribution is 5.86. The molecule has 6 atom stereocenters. The van der Waals surface area contributed by atoms with Crippen LogP contribution in [0.25, 0.3) is 0 Å². The predicted octanol–water partition coefficient (Wildman–Crippen LogP) is 6.71. The van der Waals surface area contributed by atoms with Crippen LogP contribution >= 0.6 is 0 Å². The molecule has 1 aliphatic rings. The molecule has 0 spiro atoms. The highest BCUT2D eigenvalue weighted by atomic mass is 16.3. The van der Waals surface area contributed by atoms with Crippen molar-refractivity contribution < 1.29 is 30.0 Å². The molecule has 1 rings (SSSR count). The van der Waals surface area contributed by atoms with E-state index in [0.29, 0.717) is 19.3 Å². The van der Waals surface area contributed by atoms with Crippen LogP contribution < -0.4 is 5.32 Å². The third-order valence-corrected chi connectivity index (χ3v) is 8.84. The Morgan fingerprint density at radius 3 is 2.14 bits per heavy atom. The first-order chi connectivity index (χ1) is 20.8. The minimum atomic E-state index is -0.910. The maximum absolute atomic E-state index is 12.4. The van der Waals surface area contributed by atoms with Crippen LogP contribution in [0.15, 0.2) is 24.3 Å². The number of ketones is 1. The number of hydrogen-bond acceptors (Lipinski definition) is 6. The highest BCUT2D eigenvalue weighted by Crippen LogP contribution is 2.34. The maximum atomic E-state index is 12.4. The Kier molecular flexibility index (Phi) is 23.6. The highest BCUT2D eigenvalue weighted by Gasteiger charge is 2.39. The van der Waals surface area contributed by atoms with Crippen LogP contribution in [0.5, 0.6) is 0 Å². The molecule has 1 amide bonds. The first-order valence-electron chi connectivity index (χ1n) is 17.7. The van der Waals surface area contributed by atoms with Crippen molar-refractivity contribution in [2.75, 3.05) is 6.61 Å². The molecule has 0 aliphatic heterocycles. The fraction of sp³-hybridized carbons (Fsp3) is 0.833. The minimum absolute atomic E-state index is 0.0464. The molecular weight excluding hydrogens is 542 g/mol. The van der Waals surface area contributed by atoms with E-state index in [4.69, 9.17) is 0 Å². The number of carbonyl (C=O) groups excluding carboxylic acids is 2. The van der Waals surface area contributed by atoms with Gasteiger partial charge in [-0.05, 0) is 38.0 Å². The summed E-state index contributed by atoms with van der Waals surface area (Å²) in [6, 6.07) is -0.705. The van der Waals surface area contributed by atoms with E-state index >= 15 is 0 Å². The Morgan fingerprint density at radius 1 is 0.860 bits per heavy atom. The van der Waals surface area contributed by atoms with Crippen LogP contribution in [0.1, 0.15) is 149 Å². The van der Waals surface area contributed by atoms with Gasteiger partial charge >= 0.3 is 0 Å². The second-order valence-electron chi connectivity index (χ2n) is 12.7. The van der Waals surface area contributed by atoms with Gasteiger partial charge in [0, 0.05) is 18.8 Å². The number of unbranched alkanes of at least 4 members (excludes halogenated alkanes) is 14. The van der Waals surface area contributed by atoms with Gasteiger partial charge in [-0.15, -0.1) is 0 Å². The summed E-state index contributed by atoms with van der Waals surface area (Å²) in [5.74, 6) is -0.576. The Morgan fingerprint density at radius 2 is 1.47 bits per heavy atom. The number of rotatable bonds is 27. The van der Waals surface area contributed by atoms with Crippen molar-refractivity contribution in [2.24, 2.45) is 11.8 Å². The van der Waals surface area contributed by atoms with Crippen molar-refractivity contribution in [2.45, 2.75) is 173 Å². The Balaban J connectivity index is 2.22. The van der Waals surface area contributed by atoms with Crippen LogP contribution in [0.4, 0.5) is 0 Å². The maximum Gasteiger partial charge on any atom is 0.220 e. The third-order valence-electron chi connectivity index (χ3n) is 8.84. The Hall–Kier alpha value is -1.54. The number of aliphatic hydroxyl groups excluding tert-OH is 4. The van der Waals surface area contributed by atoms with E-state index < -0.39 is 24.4 Å².